The van der Waals surface area contributed by atoms with Gasteiger partial charge in [0, 0.05) is 25.1 Å². The van der Waals surface area contributed by atoms with Gasteiger partial charge in [-0.25, -0.2) is 4.98 Å². The molecule has 1 amide bonds. The maximum absolute atomic E-state index is 12.5. The van der Waals surface area contributed by atoms with Crippen LogP contribution in [0.25, 0.3) is 11.0 Å². The number of amides is 1. The average molecular weight is 354 g/mol. The standard InChI is InChI=1S/C21H30N4O/c1-15(16-8-10-22-11-9-16)13-21(26)23-17-6-7-19-18(14-17)24-20-5-3-2-4-12-25(19)20/h6-7,14-16,22H,2-5,8-13H2,1H3,(H,23,26). The number of benzene rings is 1. The van der Waals surface area contributed by atoms with E-state index in [9.17, 15) is 4.79 Å². The molecule has 0 saturated carbocycles. The molecule has 0 aliphatic carbocycles. The Kier molecular flexibility index (Phi) is 5.25. The van der Waals surface area contributed by atoms with Crippen LogP contribution in [0.4, 0.5) is 5.69 Å². The number of hydrogen-bond acceptors (Lipinski definition) is 3. The molecule has 2 aliphatic heterocycles. The van der Waals surface area contributed by atoms with Crippen LogP contribution in [0.3, 0.4) is 0 Å². The van der Waals surface area contributed by atoms with Crippen molar-refractivity contribution in [3.8, 4) is 0 Å². The highest BCUT2D eigenvalue weighted by molar-refractivity contribution is 5.93. The van der Waals surface area contributed by atoms with Crippen LogP contribution in [0.15, 0.2) is 18.2 Å². The van der Waals surface area contributed by atoms with Crippen LogP contribution in [0.1, 0.15) is 51.3 Å². The van der Waals surface area contributed by atoms with Crippen LogP contribution in [0.5, 0.6) is 0 Å². The summed E-state index contributed by atoms with van der Waals surface area (Å²) in [5, 5.41) is 6.49. The molecule has 1 aromatic heterocycles. The van der Waals surface area contributed by atoms with E-state index in [1.54, 1.807) is 0 Å². The van der Waals surface area contributed by atoms with Crippen molar-refractivity contribution in [1.82, 2.24) is 14.9 Å². The molecule has 2 N–H and O–H groups in total. The molecule has 4 rings (SSSR count). The van der Waals surface area contributed by atoms with Gasteiger partial charge in [-0.15, -0.1) is 0 Å². The van der Waals surface area contributed by atoms with E-state index in [0.29, 0.717) is 18.3 Å². The Bertz CT molecular complexity index is 776. The number of aryl methyl sites for hydroxylation is 2. The molecule has 0 bridgehead atoms. The molecule has 26 heavy (non-hydrogen) atoms. The van der Waals surface area contributed by atoms with Crippen molar-refractivity contribution in [3.63, 3.8) is 0 Å². The van der Waals surface area contributed by atoms with Crippen LogP contribution < -0.4 is 10.6 Å². The minimum atomic E-state index is 0.121. The first kappa shape index (κ1) is 17.5. The van der Waals surface area contributed by atoms with Crippen molar-refractivity contribution in [1.29, 1.82) is 0 Å². The third kappa shape index (κ3) is 3.78. The van der Waals surface area contributed by atoms with E-state index in [0.717, 1.165) is 37.3 Å². The summed E-state index contributed by atoms with van der Waals surface area (Å²) in [6, 6.07) is 6.17. The predicted molar refractivity (Wildman–Crippen MR) is 105 cm³/mol. The van der Waals surface area contributed by atoms with Crippen molar-refractivity contribution in [2.24, 2.45) is 11.8 Å². The summed E-state index contributed by atoms with van der Waals surface area (Å²) in [4.78, 5) is 17.3. The molecule has 1 aromatic carbocycles. The number of piperidine rings is 1. The van der Waals surface area contributed by atoms with Crippen LogP contribution >= 0.6 is 0 Å². The number of carbonyl (C=O) groups excluding carboxylic acids is 1. The smallest absolute Gasteiger partial charge is 0.224 e. The molecule has 2 aliphatic rings. The quantitative estimate of drug-likeness (QED) is 0.879. The second-order valence-electron chi connectivity index (χ2n) is 8.01. The summed E-state index contributed by atoms with van der Waals surface area (Å²) in [6.45, 7) is 5.44. The van der Waals surface area contributed by atoms with Crippen molar-refractivity contribution < 1.29 is 4.79 Å². The van der Waals surface area contributed by atoms with Crippen molar-refractivity contribution in [2.45, 2.75) is 58.4 Å². The number of carbonyl (C=O) groups is 1. The molecule has 3 heterocycles. The second kappa shape index (κ2) is 7.78. The molecule has 2 aromatic rings. The first-order valence-electron chi connectivity index (χ1n) is 10.2. The molecule has 1 atom stereocenters. The van der Waals surface area contributed by atoms with Gasteiger partial charge in [0.2, 0.25) is 5.91 Å². The lowest BCUT2D eigenvalue weighted by atomic mass is 9.84. The van der Waals surface area contributed by atoms with Gasteiger partial charge in [0.25, 0.3) is 0 Å². The van der Waals surface area contributed by atoms with E-state index in [-0.39, 0.29) is 5.91 Å². The molecule has 5 nitrogen and oxygen atoms in total. The van der Waals surface area contributed by atoms with E-state index < -0.39 is 0 Å². The molecular formula is C21H30N4O. The van der Waals surface area contributed by atoms with Gasteiger partial charge in [-0.05, 0) is 68.8 Å². The molecule has 140 valence electrons. The fraction of sp³-hybridized carbons (Fsp3) is 0.619. The molecule has 0 radical (unpaired) electrons. The minimum Gasteiger partial charge on any atom is -0.328 e. The summed E-state index contributed by atoms with van der Waals surface area (Å²) in [6.07, 6.45) is 7.76. The van der Waals surface area contributed by atoms with Crippen LogP contribution in [-0.2, 0) is 17.8 Å². The van der Waals surface area contributed by atoms with Crippen molar-refractivity contribution >= 4 is 22.6 Å². The van der Waals surface area contributed by atoms with E-state index in [2.05, 4.69) is 28.2 Å². The number of nitrogens with one attached hydrogen (secondary N) is 2. The second-order valence-corrected chi connectivity index (χ2v) is 8.01. The van der Waals surface area contributed by atoms with Crippen LogP contribution in [0.2, 0.25) is 0 Å². The third-order valence-electron chi connectivity index (χ3n) is 6.09. The number of hydrogen-bond donors (Lipinski definition) is 2. The molecule has 5 heteroatoms. The maximum atomic E-state index is 12.5. The highest BCUT2D eigenvalue weighted by atomic mass is 16.1. The average Bonchev–Trinajstić information content (AvgIpc) is 2.82. The van der Waals surface area contributed by atoms with Gasteiger partial charge in [-0.3, -0.25) is 4.79 Å². The van der Waals surface area contributed by atoms with Crippen molar-refractivity contribution in [3.05, 3.63) is 24.0 Å². The van der Waals surface area contributed by atoms with Gasteiger partial charge < -0.3 is 15.2 Å². The fourth-order valence-corrected chi connectivity index (χ4v) is 4.51. The highest BCUT2D eigenvalue weighted by Crippen LogP contribution is 2.26. The highest BCUT2D eigenvalue weighted by Gasteiger charge is 2.22. The Morgan fingerprint density at radius 2 is 2.15 bits per heavy atom. The normalized spacial score (nSPS) is 19.7. The minimum absolute atomic E-state index is 0.121. The zero-order chi connectivity index (χ0) is 17.9. The van der Waals surface area contributed by atoms with E-state index in [1.165, 1.54) is 43.4 Å². The topological polar surface area (TPSA) is 59.0 Å². The lowest BCUT2D eigenvalue weighted by Gasteiger charge is -2.27. The zero-order valence-corrected chi connectivity index (χ0v) is 15.8. The predicted octanol–water partition coefficient (Wildman–Crippen LogP) is 3.73. The van der Waals surface area contributed by atoms with Gasteiger partial charge in [0.05, 0.1) is 11.0 Å². The van der Waals surface area contributed by atoms with E-state index in [1.807, 2.05) is 12.1 Å². The fourth-order valence-electron chi connectivity index (χ4n) is 4.51. The van der Waals surface area contributed by atoms with Crippen LogP contribution in [-0.4, -0.2) is 28.5 Å². The summed E-state index contributed by atoms with van der Waals surface area (Å²) in [7, 11) is 0. The molecule has 1 saturated heterocycles. The van der Waals surface area contributed by atoms with Gasteiger partial charge >= 0.3 is 0 Å². The molecule has 1 unspecified atom stereocenters. The van der Waals surface area contributed by atoms with Gasteiger partial charge in [0.15, 0.2) is 0 Å². The van der Waals surface area contributed by atoms with Crippen molar-refractivity contribution in [2.75, 3.05) is 18.4 Å². The first-order valence-corrected chi connectivity index (χ1v) is 10.2. The SMILES string of the molecule is CC(CC(=O)Nc1ccc2c(c1)nc1n2CCCCC1)C1CCNCC1. The van der Waals surface area contributed by atoms with Gasteiger partial charge in [0.1, 0.15) is 5.82 Å². The largest absolute Gasteiger partial charge is 0.328 e. The Morgan fingerprint density at radius 3 is 3.00 bits per heavy atom. The Balaban J connectivity index is 1.42. The lowest BCUT2D eigenvalue weighted by molar-refractivity contribution is -0.117. The summed E-state index contributed by atoms with van der Waals surface area (Å²) in [5.41, 5.74) is 3.07. The Labute approximate surface area is 155 Å². The number of anilines is 1. The van der Waals surface area contributed by atoms with Gasteiger partial charge in [-0.2, -0.15) is 0 Å². The number of imidazole rings is 1. The summed E-state index contributed by atoms with van der Waals surface area (Å²) < 4.78 is 2.35. The molecule has 0 spiro atoms. The van der Waals surface area contributed by atoms with Crippen LogP contribution in [0, 0.1) is 11.8 Å². The first-order chi connectivity index (χ1) is 12.7. The lowest BCUT2D eigenvalue weighted by Crippen LogP contribution is -2.32. The van der Waals surface area contributed by atoms with E-state index in [4.69, 9.17) is 4.98 Å². The molecular weight excluding hydrogens is 324 g/mol. The zero-order valence-electron chi connectivity index (χ0n) is 15.8. The van der Waals surface area contributed by atoms with Gasteiger partial charge in [-0.1, -0.05) is 13.3 Å². The maximum Gasteiger partial charge on any atom is 0.224 e. The van der Waals surface area contributed by atoms with E-state index >= 15 is 0 Å². The Hall–Kier alpha value is -1.88. The summed E-state index contributed by atoms with van der Waals surface area (Å²) in [5.74, 6) is 2.41. The number of fused-ring (bicyclic) bond motifs is 3. The number of rotatable bonds is 4. The Morgan fingerprint density at radius 1 is 1.31 bits per heavy atom. The monoisotopic (exact) mass is 354 g/mol. The number of aromatic nitrogens is 2. The third-order valence-corrected chi connectivity index (χ3v) is 6.09. The molecule has 1 fully saturated rings. The summed E-state index contributed by atoms with van der Waals surface area (Å²) >= 11 is 0. The number of nitrogens with zero attached hydrogens (tertiary/aromatic N) is 2.